The topological polar surface area (TPSA) is 50.4 Å². The van der Waals surface area contributed by atoms with Crippen LogP contribution in [0.5, 0.6) is 0 Å². The maximum atomic E-state index is 11.5. The van der Waals surface area contributed by atoms with E-state index in [1.807, 2.05) is 24.3 Å². The van der Waals surface area contributed by atoms with E-state index in [4.69, 9.17) is 16.3 Å². The molecular weight excluding hydrogens is 252 g/mol. The van der Waals surface area contributed by atoms with Gasteiger partial charge in [0.2, 0.25) is 0 Å². The highest BCUT2D eigenvalue weighted by atomic mass is 35.5. The lowest BCUT2D eigenvalue weighted by Crippen LogP contribution is -2.42. The number of hydrogen-bond donors (Lipinski definition) is 2. The van der Waals surface area contributed by atoms with E-state index < -0.39 is 0 Å². The molecule has 1 aromatic carbocycles. The van der Waals surface area contributed by atoms with Gasteiger partial charge in [-0.3, -0.25) is 0 Å². The van der Waals surface area contributed by atoms with E-state index >= 15 is 0 Å². The standard InChI is InChI=1S/C13H17ClN2O2/c14-11-4-1-3-10(9-11)6-7-15-13(17)16-12-5-2-8-18-12/h1,3-4,9,12H,2,5-8H2,(H2,15,16,17). The molecule has 1 heterocycles. The normalized spacial score (nSPS) is 18.6. The van der Waals surface area contributed by atoms with E-state index in [2.05, 4.69) is 10.6 Å². The first-order valence-corrected chi connectivity index (χ1v) is 6.52. The number of rotatable bonds is 4. The molecule has 1 aromatic rings. The van der Waals surface area contributed by atoms with E-state index in [1.165, 1.54) is 0 Å². The molecule has 1 fully saturated rings. The van der Waals surface area contributed by atoms with E-state index in [-0.39, 0.29) is 12.3 Å². The fourth-order valence-corrected chi connectivity index (χ4v) is 2.11. The molecule has 1 saturated heterocycles. The van der Waals surface area contributed by atoms with Crippen LogP contribution in [0.1, 0.15) is 18.4 Å². The van der Waals surface area contributed by atoms with Crippen LogP contribution < -0.4 is 10.6 Å². The Labute approximate surface area is 112 Å². The lowest BCUT2D eigenvalue weighted by Gasteiger charge is -2.12. The van der Waals surface area contributed by atoms with E-state index in [1.54, 1.807) is 0 Å². The Morgan fingerprint density at radius 2 is 2.39 bits per heavy atom. The van der Waals surface area contributed by atoms with Crippen LogP contribution in [-0.4, -0.2) is 25.4 Å². The number of urea groups is 1. The van der Waals surface area contributed by atoms with Crippen molar-refractivity contribution in [3.8, 4) is 0 Å². The number of benzene rings is 1. The molecule has 1 atom stereocenters. The molecule has 0 radical (unpaired) electrons. The third-order valence-corrected chi connectivity index (χ3v) is 3.05. The highest BCUT2D eigenvalue weighted by Gasteiger charge is 2.16. The summed E-state index contributed by atoms with van der Waals surface area (Å²) in [6, 6.07) is 7.46. The number of hydrogen-bond acceptors (Lipinski definition) is 2. The summed E-state index contributed by atoms with van der Waals surface area (Å²) in [7, 11) is 0. The molecule has 1 unspecified atom stereocenters. The van der Waals surface area contributed by atoms with E-state index in [0.717, 1.165) is 36.5 Å². The molecule has 1 aliphatic heterocycles. The van der Waals surface area contributed by atoms with Gasteiger partial charge in [0, 0.05) is 18.2 Å². The summed E-state index contributed by atoms with van der Waals surface area (Å²) < 4.78 is 5.31. The summed E-state index contributed by atoms with van der Waals surface area (Å²) >= 11 is 5.88. The Hall–Kier alpha value is -1.26. The molecule has 0 saturated carbocycles. The Bertz CT molecular complexity index is 406. The van der Waals surface area contributed by atoms with Crippen LogP contribution in [0.2, 0.25) is 5.02 Å². The third kappa shape index (κ3) is 4.20. The predicted octanol–water partition coefficient (Wildman–Crippen LogP) is 2.32. The summed E-state index contributed by atoms with van der Waals surface area (Å²) in [5.74, 6) is 0. The molecule has 2 N–H and O–H groups in total. The van der Waals surface area contributed by atoms with E-state index in [9.17, 15) is 4.79 Å². The monoisotopic (exact) mass is 268 g/mol. The van der Waals surface area contributed by atoms with Crippen LogP contribution in [0.4, 0.5) is 4.79 Å². The van der Waals surface area contributed by atoms with Gasteiger partial charge in [0.1, 0.15) is 6.23 Å². The molecule has 4 nitrogen and oxygen atoms in total. The van der Waals surface area contributed by atoms with E-state index in [0.29, 0.717) is 6.54 Å². The Kier molecular flexibility index (Phi) is 4.84. The van der Waals surface area contributed by atoms with Crippen molar-refractivity contribution in [1.82, 2.24) is 10.6 Å². The van der Waals surface area contributed by atoms with Gasteiger partial charge in [0.25, 0.3) is 0 Å². The van der Waals surface area contributed by atoms with Crippen molar-refractivity contribution in [2.75, 3.05) is 13.2 Å². The van der Waals surface area contributed by atoms with Crippen LogP contribution in [0.25, 0.3) is 0 Å². The van der Waals surface area contributed by atoms with Gasteiger partial charge in [0.05, 0.1) is 0 Å². The van der Waals surface area contributed by atoms with Crippen molar-refractivity contribution >= 4 is 17.6 Å². The number of ether oxygens (including phenoxy) is 1. The van der Waals surface area contributed by atoms with Gasteiger partial charge in [-0.15, -0.1) is 0 Å². The minimum Gasteiger partial charge on any atom is -0.358 e. The zero-order chi connectivity index (χ0) is 12.8. The Balaban J connectivity index is 1.66. The summed E-state index contributed by atoms with van der Waals surface area (Å²) in [5, 5.41) is 6.30. The van der Waals surface area contributed by atoms with Gasteiger partial charge in [-0.25, -0.2) is 4.79 Å². The van der Waals surface area contributed by atoms with Crippen molar-refractivity contribution in [3.05, 3.63) is 34.9 Å². The highest BCUT2D eigenvalue weighted by molar-refractivity contribution is 6.30. The molecule has 2 rings (SSSR count). The second kappa shape index (κ2) is 6.61. The first-order chi connectivity index (χ1) is 8.74. The zero-order valence-electron chi connectivity index (χ0n) is 10.1. The van der Waals surface area contributed by atoms with Crippen molar-refractivity contribution in [3.63, 3.8) is 0 Å². The molecule has 0 aliphatic carbocycles. The molecule has 0 spiro atoms. The highest BCUT2D eigenvalue weighted by Crippen LogP contribution is 2.11. The van der Waals surface area contributed by atoms with Crippen LogP contribution in [0.3, 0.4) is 0 Å². The SMILES string of the molecule is O=C(NCCc1cccc(Cl)c1)NC1CCCO1. The maximum Gasteiger partial charge on any atom is 0.316 e. The first kappa shape index (κ1) is 13.2. The van der Waals surface area contributed by atoms with Gasteiger partial charge < -0.3 is 15.4 Å². The molecule has 0 aromatic heterocycles. The quantitative estimate of drug-likeness (QED) is 0.881. The Morgan fingerprint density at radius 3 is 3.11 bits per heavy atom. The second-order valence-electron chi connectivity index (χ2n) is 4.28. The zero-order valence-corrected chi connectivity index (χ0v) is 10.9. The number of amides is 2. The maximum absolute atomic E-state index is 11.5. The van der Waals surface area contributed by atoms with Crippen molar-refractivity contribution < 1.29 is 9.53 Å². The van der Waals surface area contributed by atoms with Gasteiger partial charge in [-0.1, -0.05) is 23.7 Å². The lowest BCUT2D eigenvalue weighted by molar-refractivity contribution is 0.0908. The average Bonchev–Trinajstić information content (AvgIpc) is 2.82. The van der Waals surface area contributed by atoms with Gasteiger partial charge in [-0.2, -0.15) is 0 Å². The fourth-order valence-electron chi connectivity index (χ4n) is 1.90. The fraction of sp³-hybridized carbons (Fsp3) is 0.462. The molecule has 18 heavy (non-hydrogen) atoms. The largest absolute Gasteiger partial charge is 0.358 e. The van der Waals surface area contributed by atoms with Crippen LogP contribution >= 0.6 is 11.6 Å². The van der Waals surface area contributed by atoms with Crippen LogP contribution in [0.15, 0.2) is 24.3 Å². The van der Waals surface area contributed by atoms with Gasteiger partial charge >= 0.3 is 6.03 Å². The minimum absolute atomic E-state index is 0.129. The number of nitrogens with one attached hydrogen (secondary N) is 2. The lowest BCUT2D eigenvalue weighted by atomic mass is 10.1. The van der Waals surface area contributed by atoms with Gasteiger partial charge in [-0.05, 0) is 37.0 Å². The average molecular weight is 269 g/mol. The third-order valence-electron chi connectivity index (χ3n) is 2.81. The summed E-state index contributed by atoms with van der Waals surface area (Å²) in [4.78, 5) is 11.5. The molecule has 1 aliphatic rings. The second-order valence-corrected chi connectivity index (χ2v) is 4.72. The van der Waals surface area contributed by atoms with Crippen LogP contribution in [0, 0.1) is 0 Å². The molecular formula is C13H17ClN2O2. The number of halogens is 1. The smallest absolute Gasteiger partial charge is 0.316 e. The number of carbonyl (C=O) groups excluding carboxylic acids is 1. The number of carbonyl (C=O) groups is 1. The summed E-state index contributed by atoms with van der Waals surface area (Å²) in [5.41, 5.74) is 1.11. The van der Waals surface area contributed by atoms with Crippen molar-refractivity contribution in [2.24, 2.45) is 0 Å². The van der Waals surface area contributed by atoms with Crippen molar-refractivity contribution in [1.29, 1.82) is 0 Å². The summed E-state index contributed by atoms with van der Waals surface area (Å²) in [6.07, 6.45) is 2.53. The summed E-state index contributed by atoms with van der Waals surface area (Å²) in [6.45, 7) is 1.31. The van der Waals surface area contributed by atoms with Gasteiger partial charge in [0.15, 0.2) is 0 Å². The molecule has 5 heteroatoms. The molecule has 0 bridgehead atoms. The minimum atomic E-state index is -0.177. The Morgan fingerprint density at radius 1 is 1.50 bits per heavy atom. The molecule has 98 valence electrons. The van der Waals surface area contributed by atoms with Crippen LogP contribution in [-0.2, 0) is 11.2 Å². The first-order valence-electron chi connectivity index (χ1n) is 6.14. The van der Waals surface area contributed by atoms with Crippen molar-refractivity contribution in [2.45, 2.75) is 25.5 Å². The molecule has 2 amide bonds. The predicted molar refractivity (Wildman–Crippen MR) is 70.7 cm³/mol.